The van der Waals surface area contributed by atoms with Crippen LogP contribution in [0.25, 0.3) is 0 Å². The SMILES string of the molecule is CC1(C)CC(c2ccc(C(F)(F)F)cc2Cl)c2ccc(SCc3ccccc3)cc2O1. The fourth-order valence-electron chi connectivity index (χ4n) is 3.93. The highest BCUT2D eigenvalue weighted by atomic mass is 35.5. The summed E-state index contributed by atoms with van der Waals surface area (Å²) in [7, 11) is 0. The van der Waals surface area contributed by atoms with Crippen LogP contribution in [0.5, 0.6) is 5.75 Å². The zero-order valence-corrected chi connectivity index (χ0v) is 18.7. The lowest BCUT2D eigenvalue weighted by molar-refractivity contribution is -0.137. The molecule has 4 rings (SSSR count). The summed E-state index contributed by atoms with van der Waals surface area (Å²) in [6, 6.07) is 19.9. The number of thioether (sulfide) groups is 1. The number of benzene rings is 3. The van der Waals surface area contributed by atoms with Gasteiger partial charge in [-0.2, -0.15) is 13.2 Å². The summed E-state index contributed by atoms with van der Waals surface area (Å²) in [6.45, 7) is 3.98. The summed E-state index contributed by atoms with van der Waals surface area (Å²) in [5.41, 5.74) is 1.68. The Morgan fingerprint density at radius 2 is 1.71 bits per heavy atom. The van der Waals surface area contributed by atoms with Crippen LogP contribution in [-0.4, -0.2) is 5.60 Å². The van der Waals surface area contributed by atoms with Crippen LogP contribution in [0.2, 0.25) is 5.02 Å². The van der Waals surface area contributed by atoms with Gasteiger partial charge in [-0.3, -0.25) is 0 Å². The van der Waals surface area contributed by atoms with Gasteiger partial charge in [-0.05, 0) is 55.7 Å². The molecule has 1 atom stereocenters. The summed E-state index contributed by atoms with van der Waals surface area (Å²) in [5.74, 6) is 1.47. The number of hydrogen-bond acceptors (Lipinski definition) is 2. The second-order valence-electron chi connectivity index (χ2n) is 8.33. The molecule has 0 amide bonds. The highest BCUT2D eigenvalue weighted by Gasteiger charge is 2.37. The van der Waals surface area contributed by atoms with Crippen LogP contribution in [0.4, 0.5) is 13.2 Å². The van der Waals surface area contributed by atoms with E-state index >= 15 is 0 Å². The Bertz CT molecular complexity index is 1080. The number of ether oxygens (including phenoxy) is 1. The summed E-state index contributed by atoms with van der Waals surface area (Å²) >= 11 is 8.05. The van der Waals surface area contributed by atoms with Gasteiger partial charge in [0.1, 0.15) is 11.4 Å². The van der Waals surface area contributed by atoms with E-state index in [1.54, 1.807) is 11.8 Å². The van der Waals surface area contributed by atoms with Gasteiger partial charge in [-0.1, -0.05) is 54.1 Å². The zero-order valence-electron chi connectivity index (χ0n) is 17.2. The molecule has 0 aliphatic carbocycles. The van der Waals surface area contributed by atoms with Gasteiger partial charge in [0.2, 0.25) is 0 Å². The van der Waals surface area contributed by atoms with E-state index < -0.39 is 17.3 Å². The number of fused-ring (bicyclic) bond motifs is 1. The molecule has 6 heteroatoms. The smallest absolute Gasteiger partial charge is 0.416 e. The quantitative estimate of drug-likeness (QED) is 0.360. The van der Waals surface area contributed by atoms with Gasteiger partial charge in [-0.25, -0.2) is 0 Å². The second-order valence-corrected chi connectivity index (χ2v) is 9.78. The molecule has 1 heterocycles. The highest BCUT2D eigenvalue weighted by Crippen LogP contribution is 2.47. The fraction of sp³-hybridized carbons (Fsp3) is 0.280. The topological polar surface area (TPSA) is 9.23 Å². The first-order valence-corrected chi connectivity index (χ1v) is 11.3. The number of halogens is 4. The molecule has 1 unspecified atom stereocenters. The maximum Gasteiger partial charge on any atom is 0.416 e. The van der Waals surface area contributed by atoms with Gasteiger partial charge < -0.3 is 4.74 Å². The van der Waals surface area contributed by atoms with Crippen molar-refractivity contribution in [2.45, 2.75) is 48.6 Å². The molecule has 3 aromatic rings. The minimum absolute atomic E-state index is 0.131. The largest absolute Gasteiger partial charge is 0.487 e. The molecule has 0 spiro atoms. The molecule has 0 radical (unpaired) electrons. The number of rotatable bonds is 4. The molecule has 0 saturated heterocycles. The molecule has 0 saturated carbocycles. The lowest BCUT2D eigenvalue weighted by Crippen LogP contribution is -2.35. The highest BCUT2D eigenvalue weighted by molar-refractivity contribution is 7.98. The molecule has 0 aromatic heterocycles. The predicted molar refractivity (Wildman–Crippen MR) is 120 cm³/mol. The summed E-state index contributed by atoms with van der Waals surface area (Å²) in [6.07, 6.45) is -3.79. The zero-order chi connectivity index (χ0) is 22.2. The van der Waals surface area contributed by atoms with Crippen LogP contribution in [0.3, 0.4) is 0 Å². The van der Waals surface area contributed by atoms with E-state index in [1.165, 1.54) is 11.6 Å². The summed E-state index contributed by atoms with van der Waals surface area (Å²) in [4.78, 5) is 1.08. The van der Waals surface area contributed by atoms with Crippen molar-refractivity contribution in [3.63, 3.8) is 0 Å². The van der Waals surface area contributed by atoms with E-state index in [0.29, 0.717) is 12.0 Å². The van der Waals surface area contributed by atoms with Crippen molar-refractivity contribution in [1.29, 1.82) is 0 Å². The number of hydrogen-bond donors (Lipinski definition) is 0. The minimum Gasteiger partial charge on any atom is -0.487 e. The van der Waals surface area contributed by atoms with E-state index in [0.717, 1.165) is 34.1 Å². The molecule has 1 nitrogen and oxygen atoms in total. The van der Waals surface area contributed by atoms with Gasteiger partial charge >= 0.3 is 6.18 Å². The standard InChI is InChI=1S/C25H22ClF3OS/c1-24(2)14-21(19-10-8-17(12-22(19)26)25(27,28)29)20-11-9-18(13-23(20)30-24)31-15-16-6-4-3-5-7-16/h3-13,21H,14-15H2,1-2H3. The molecule has 0 fully saturated rings. The van der Waals surface area contributed by atoms with E-state index in [2.05, 4.69) is 12.1 Å². The van der Waals surface area contributed by atoms with Gasteiger partial charge in [0, 0.05) is 27.2 Å². The maximum absolute atomic E-state index is 13.1. The predicted octanol–water partition coefficient (Wildman–Crippen LogP) is 8.34. The second kappa shape index (κ2) is 8.44. The van der Waals surface area contributed by atoms with Crippen LogP contribution >= 0.6 is 23.4 Å². The van der Waals surface area contributed by atoms with Crippen molar-refractivity contribution >= 4 is 23.4 Å². The Morgan fingerprint density at radius 3 is 2.39 bits per heavy atom. The minimum atomic E-state index is -4.42. The maximum atomic E-state index is 13.1. The van der Waals surface area contributed by atoms with Crippen LogP contribution in [0.1, 0.15) is 48.4 Å². The van der Waals surface area contributed by atoms with Crippen molar-refractivity contribution in [2.24, 2.45) is 0 Å². The first-order chi connectivity index (χ1) is 14.6. The lowest BCUT2D eigenvalue weighted by atomic mass is 9.80. The molecule has 0 N–H and O–H groups in total. The molecular formula is C25H22ClF3OS. The van der Waals surface area contributed by atoms with Gasteiger partial charge in [0.15, 0.2) is 0 Å². The summed E-state index contributed by atoms with van der Waals surface area (Å²) in [5, 5.41) is 0.131. The van der Waals surface area contributed by atoms with Crippen molar-refractivity contribution in [3.8, 4) is 5.75 Å². The molecular weight excluding hydrogens is 441 g/mol. The average molecular weight is 463 g/mol. The van der Waals surface area contributed by atoms with E-state index in [9.17, 15) is 13.2 Å². The van der Waals surface area contributed by atoms with E-state index in [4.69, 9.17) is 16.3 Å². The van der Waals surface area contributed by atoms with Crippen LogP contribution in [0.15, 0.2) is 71.6 Å². The molecule has 1 aliphatic heterocycles. The molecule has 31 heavy (non-hydrogen) atoms. The lowest BCUT2D eigenvalue weighted by Gasteiger charge is -2.38. The van der Waals surface area contributed by atoms with Crippen molar-refractivity contribution in [3.05, 3.63) is 94.0 Å². The van der Waals surface area contributed by atoms with Crippen molar-refractivity contribution in [2.75, 3.05) is 0 Å². The third kappa shape index (κ3) is 5.04. The Kier molecular flexibility index (Phi) is 6.01. The van der Waals surface area contributed by atoms with Crippen molar-refractivity contribution in [1.82, 2.24) is 0 Å². The molecule has 1 aliphatic rings. The molecule has 162 valence electrons. The monoisotopic (exact) mass is 462 g/mol. The Hall–Kier alpha value is -2.11. The normalized spacial score (nSPS) is 17.7. The Morgan fingerprint density at radius 1 is 1.00 bits per heavy atom. The molecule has 3 aromatic carbocycles. The van der Waals surface area contributed by atoms with Crippen LogP contribution < -0.4 is 4.74 Å². The number of alkyl halides is 3. The third-order valence-corrected chi connectivity index (χ3v) is 6.79. The van der Waals surface area contributed by atoms with Gasteiger partial charge in [-0.15, -0.1) is 11.8 Å². The summed E-state index contributed by atoms with van der Waals surface area (Å²) < 4.78 is 45.4. The van der Waals surface area contributed by atoms with E-state index in [1.807, 2.05) is 50.2 Å². The average Bonchev–Trinajstić information content (AvgIpc) is 2.71. The first kappa shape index (κ1) is 22.1. The fourth-order valence-corrected chi connectivity index (χ4v) is 5.12. The van der Waals surface area contributed by atoms with Crippen molar-refractivity contribution < 1.29 is 17.9 Å². The third-order valence-electron chi connectivity index (χ3n) is 5.39. The van der Waals surface area contributed by atoms with Crippen LogP contribution in [0, 0.1) is 0 Å². The van der Waals surface area contributed by atoms with Gasteiger partial charge in [0.05, 0.1) is 5.56 Å². The van der Waals surface area contributed by atoms with E-state index in [-0.39, 0.29) is 10.9 Å². The van der Waals surface area contributed by atoms with Crippen LogP contribution in [-0.2, 0) is 11.9 Å². The molecule has 0 bridgehead atoms. The van der Waals surface area contributed by atoms with Gasteiger partial charge in [0.25, 0.3) is 0 Å². The Labute approximate surface area is 189 Å². The Balaban J connectivity index is 1.65. The first-order valence-electron chi connectivity index (χ1n) is 9.99.